The Morgan fingerprint density at radius 2 is 1.90 bits per heavy atom. The smallest absolute Gasteiger partial charge is 0.123 e. The van der Waals surface area contributed by atoms with E-state index >= 15 is 0 Å². The molecule has 0 radical (unpaired) electrons. The molecule has 3 nitrogen and oxygen atoms in total. The number of methoxy groups -OCH3 is 1. The lowest BCUT2D eigenvalue weighted by atomic mass is 9.98. The largest absolute Gasteiger partial charge is 0.496 e. The molecule has 5 heteroatoms. The van der Waals surface area contributed by atoms with Gasteiger partial charge in [0.25, 0.3) is 0 Å². The van der Waals surface area contributed by atoms with Gasteiger partial charge in [-0.05, 0) is 30.2 Å². The number of hydrazine groups is 1. The zero-order valence-electron chi connectivity index (χ0n) is 11.1. The Labute approximate surface area is 128 Å². The average molecular weight is 311 g/mol. The van der Waals surface area contributed by atoms with Gasteiger partial charge in [-0.2, -0.15) is 0 Å². The Hall–Kier alpha value is -1.26. The summed E-state index contributed by atoms with van der Waals surface area (Å²) in [7, 11) is 1.64. The average Bonchev–Trinajstić information content (AvgIpc) is 2.48. The Balaban J connectivity index is 2.26. The SMILES string of the molecule is COc1ccccc1C(Cc1ccc(Cl)c(Cl)c1)NN. The molecule has 3 N–H and O–H groups in total. The maximum absolute atomic E-state index is 6.04. The van der Waals surface area contributed by atoms with Gasteiger partial charge >= 0.3 is 0 Å². The molecule has 0 aliphatic carbocycles. The monoisotopic (exact) mass is 310 g/mol. The lowest BCUT2D eigenvalue weighted by molar-refractivity contribution is 0.399. The van der Waals surface area contributed by atoms with E-state index in [-0.39, 0.29) is 6.04 Å². The Morgan fingerprint density at radius 3 is 2.55 bits per heavy atom. The standard InChI is InChI=1S/C15H16Cl2N2O/c1-20-15-5-3-2-4-11(15)14(19-18)9-10-6-7-12(16)13(17)8-10/h2-8,14,19H,9,18H2,1H3. The highest BCUT2D eigenvalue weighted by atomic mass is 35.5. The van der Waals surface area contributed by atoms with E-state index in [1.54, 1.807) is 13.2 Å². The third kappa shape index (κ3) is 3.44. The van der Waals surface area contributed by atoms with Crippen LogP contribution in [0, 0.1) is 0 Å². The van der Waals surface area contributed by atoms with E-state index in [9.17, 15) is 0 Å². The molecule has 0 amide bonds. The molecule has 0 saturated heterocycles. The highest BCUT2D eigenvalue weighted by Crippen LogP contribution is 2.29. The van der Waals surface area contributed by atoms with Crippen molar-refractivity contribution >= 4 is 23.2 Å². The summed E-state index contributed by atoms with van der Waals surface area (Å²) in [4.78, 5) is 0. The fraction of sp³-hybridized carbons (Fsp3) is 0.200. The van der Waals surface area contributed by atoms with Crippen molar-refractivity contribution in [2.24, 2.45) is 5.84 Å². The number of halogens is 2. The van der Waals surface area contributed by atoms with Crippen molar-refractivity contribution in [3.05, 3.63) is 63.6 Å². The van der Waals surface area contributed by atoms with Gasteiger partial charge in [0.1, 0.15) is 5.75 Å². The lowest BCUT2D eigenvalue weighted by Crippen LogP contribution is -2.29. The van der Waals surface area contributed by atoms with Gasteiger partial charge in [-0.15, -0.1) is 0 Å². The molecular formula is C15H16Cl2N2O. The molecule has 2 aromatic rings. The minimum absolute atomic E-state index is 0.0663. The summed E-state index contributed by atoms with van der Waals surface area (Å²) in [5.41, 5.74) is 4.87. The molecule has 0 fully saturated rings. The highest BCUT2D eigenvalue weighted by molar-refractivity contribution is 6.42. The van der Waals surface area contributed by atoms with Crippen LogP contribution in [0.2, 0.25) is 10.0 Å². The normalized spacial score (nSPS) is 12.2. The molecule has 1 unspecified atom stereocenters. The number of para-hydroxylation sites is 1. The van der Waals surface area contributed by atoms with Crippen LogP contribution in [0.4, 0.5) is 0 Å². The van der Waals surface area contributed by atoms with Crippen LogP contribution < -0.4 is 16.0 Å². The fourth-order valence-electron chi connectivity index (χ4n) is 2.12. The third-order valence-electron chi connectivity index (χ3n) is 3.14. The van der Waals surface area contributed by atoms with Crippen molar-refractivity contribution in [1.29, 1.82) is 0 Å². The summed E-state index contributed by atoms with van der Waals surface area (Å²) in [5, 5.41) is 1.09. The molecule has 2 aromatic carbocycles. The van der Waals surface area contributed by atoms with E-state index < -0.39 is 0 Å². The van der Waals surface area contributed by atoms with Crippen LogP contribution in [0.1, 0.15) is 17.2 Å². The number of nitrogens with one attached hydrogen (secondary N) is 1. The maximum atomic E-state index is 6.04. The Morgan fingerprint density at radius 1 is 1.15 bits per heavy atom. The third-order valence-corrected chi connectivity index (χ3v) is 3.88. The zero-order chi connectivity index (χ0) is 14.5. The van der Waals surface area contributed by atoms with Gasteiger partial charge in [0.2, 0.25) is 0 Å². The summed E-state index contributed by atoms with van der Waals surface area (Å²) in [6.45, 7) is 0. The van der Waals surface area contributed by atoms with Crippen molar-refractivity contribution in [3.8, 4) is 5.75 Å². The molecule has 0 heterocycles. The maximum Gasteiger partial charge on any atom is 0.123 e. The van der Waals surface area contributed by atoms with Gasteiger partial charge in [-0.3, -0.25) is 11.3 Å². The topological polar surface area (TPSA) is 47.3 Å². The minimum Gasteiger partial charge on any atom is -0.496 e. The van der Waals surface area contributed by atoms with Crippen LogP contribution in [0.3, 0.4) is 0 Å². The van der Waals surface area contributed by atoms with Crippen molar-refractivity contribution in [2.45, 2.75) is 12.5 Å². The first-order valence-electron chi connectivity index (χ1n) is 6.18. The summed E-state index contributed by atoms with van der Waals surface area (Å²) >= 11 is 12.0. The van der Waals surface area contributed by atoms with Crippen LogP contribution in [0.15, 0.2) is 42.5 Å². The Bertz CT molecular complexity index is 590. The predicted octanol–water partition coefficient (Wildman–Crippen LogP) is 3.75. The van der Waals surface area contributed by atoms with E-state index in [4.69, 9.17) is 33.8 Å². The number of hydrogen-bond donors (Lipinski definition) is 2. The van der Waals surface area contributed by atoms with Crippen LogP contribution in [0.5, 0.6) is 5.75 Å². The van der Waals surface area contributed by atoms with E-state index in [1.165, 1.54) is 0 Å². The van der Waals surface area contributed by atoms with E-state index in [0.717, 1.165) is 16.9 Å². The van der Waals surface area contributed by atoms with Crippen molar-refractivity contribution in [1.82, 2.24) is 5.43 Å². The molecule has 0 saturated carbocycles. The van der Waals surface area contributed by atoms with Gasteiger partial charge in [-0.1, -0.05) is 47.5 Å². The van der Waals surface area contributed by atoms with Crippen LogP contribution in [-0.2, 0) is 6.42 Å². The minimum atomic E-state index is -0.0663. The Kier molecular flexibility index (Phi) is 5.26. The summed E-state index contributed by atoms with van der Waals surface area (Å²) < 4.78 is 5.37. The van der Waals surface area contributed by atoms with Gasteiger partial charge in [0.15, 0.2) is 0 Å². The first kappa shape index (κ1) is 15.1. The van der Waals surface area contributed by atoms with Gasteiger partial charge in [0, 0.05) is 5.56 Å². The lowest BCUT2D eigenvalue weighted by Gasteiger charge is -2.19. The number of benzene rings is 2. The number of nitrogens with two attached hydrogens (primary N) is 1. The van der Waals surface area contributed by atoms with Gasteiger partial charge in [0.05, 0.1) is 23.2 Å². The zero-order valence-corrected chi connectivity index (χ0v) is 12.6. The number of hydrogen-bond acceptors (Lipinski definition) is 3. The fourth-order valence-corrected chi connectivity index (χ4v) is 2.44. The van der Waals surface area contributed by atoms with Crippen LogP contribution in [-0.4, -0.2) is 7.11 Å². The number of rotatable bonds is 5. The second kappa shape index (κ2) is 6.95. The quantitative estimate of drug-likeness (QED) is 0.653. The molecule has 2 rings (SSSR count). The molecule has 0 aromatic heterocycles. The highest BCUT2D eigenvalue weighted by Gasteiger charge is 2.15. The summed E-state index contributed by atoms with van der Waals surface area (Å²) in [5.74, 6) is 6.48. The van der Waals surface area contributed by atoms with E-state index in [1.807, 2.05) is 36.4 Å². The first-order chi connectivity index (χ1) is 9.65. The predicted molar refractivity (Wildman–Crippen MR) is 83.2 cm³/mol. The van der Waals surface area contributed by atoms with E-state index in [0.29, 0.717) is 16.5 Å². The van der Waals surface area contributed by atoms with Gasteiger partial charge < -0.3 is 4.74 Å². The van der Waals surface area contributed by atoms with Crippen LogP contribution >= 0.6 is 23.2 Å². The molecule has 0 bridgehead atoms. The second-order valence-corrected chi connectivity index (χ2v) is 5.23. The molecule has 20 heavy (non-hydrogen) atoms. The first-order valence-corrected chi connectivity index (χ1v) is 6.94. The molecular weight excluding hydrogens is 295 g/mol. The molecule has 0 spiro atoms. The van der Waals surface area contributed by atoms with E-state index in [2.05, 4.69) is 5.43 Å². The summed E-state index contributed by atoms with van der Waals surface area (Å²) in [6, 6.07) is 13.3. The number of ether oxygens (including phenoxy) is 1. The molecule has 106 valence electrons. The molecule has 0 aliphatic rings. The van der Waals surface area contributed by atoms with Gasteiger partial charge in [-0.25, -0.2) is 0 Å². The van der Waals surface area contributed by atoms with Crippen molar-refractivity contribution < 1.29 is 4.74 Å². The summed E-state index contributed by atoms with van der Waals surface area (Å²) in [6.07, 6.45) is 0.688. The molecule has 1 atom stereocenters. The van der Waals surface area contributed by atoms with Crippen molar-refractivity contribution in [2.75, 3.05) is 7.11 Å². The second-order valence-electron chi connectivity index (χ2n) is 4.41. The van der Waals surface area contributed by atoms with Crippen LogP contribution in [0.25, 0.3) is 0 Å². The molecule has 0 aliphatic heterocycles. The van der Waals surface area contributed by atoms with Crippen molar-refractivity contribution in [3.63, 3.8) is 0 Å².